The van der Waals surface area contributed by atoms with Gasteiger partial charge in [-0.3, -0.25) is 0 Å². The van der Waals surface area contributed by atoms with Crippen LogP contribution in [0.3, 0.4) is 0 Å². The van der Waals surface area contributed by atoms with Gasteiger partial charge < -0.3 is 10.1 Å². The lowest BCUT2D eigenvalue weighted by atomic mass is 9.64. The molecule has 2 atom stereocenters. The van der Waals surface area contributed by atoms with Crippen LogP contribution in [0.2, 0.25) is 0 Å². The van der Waals surface area contributed by atoms with Crippen molar-refractivity contribution in [2.24, 2.45) is 5.41 Å². The fourth-order valence-electron chi connectivity index (χ4n) is 2.61. The summed E-state index contributed by atoms with van der Waals surface area (Å²) in [5.41, 5.74) is 1.48. The molecule has 1 aliphatic rings. The summed E-state index contributed by atoms with van der Waals surface area (Å²) in [6.07, 6.45) is 2.69. The first-order chi connectivity index (χ1) is 9.04. The second-order valence-corrected chi connectivity index (χ2v) is 6.91. The zero-order chi connectivity index (χ0) is 13.9. The normalized spacial score (nSPS) is 25.1. The van der Waals surface area contributed by atoms with Crippen LogP contribution in [0.15, 0.2) is 28.7 Å². The topological polar surface area (TPSA) is 21.3 Å². The Bertz CT molecular complexity index is 402. The molecule has 3 heteroatoms. The first-order valence-electron chi connectivity index (χ1n) is 7.13. The summed E-state index contributed by atoms with van der Waals surface area (Å²) in [6.45, 7) is 8.63. The molecule has 1 N–H and O–H groups in total. The van der Waals surface area contributed by atoms with Crippen molar-refractivity contribution >= 4 is 15.9 Å². The predicted octanol–water partition coefficient (Wildman–Crippen LogP) is 4.13. The maximum atomic E-state index is 6.07. The lowest BCUT2D eigenvalue weighted by molar-refractivity contribution is -0.124. The van der Waals surface area contributed by atoms with E-state index in [0.717, 1.165) is 17.4 Å². The van der Waals surface area contributed by atoms with Crippen LogP contribution < -0.4 is 5.32 Å². The Labute approximate surface area is 125 Å². The van der Waals surface area contributed by atoms with E-state index >= 15 is 0 Å². The number of ether oxygens (including phenoxy) is 1. The molecular formula is C16H24BrNO. The van der Waals surface area contributed by atoms with Gasteiger partial charge in [-0.1, -0.05) is 48.8 Å². The molecule has 0 saturated heterocycles. The zero-order valence-corrected chi connectivity index (χ0v) is 13.7. The van der Waals surface area contributed by atoms with E-state index in [-0.39, 0.29) is 5.41 Å². The van der Waals surface area contributed by atoms with Crippen molar-refractivity contribution in [3.8, 4) is 0 Å². The molecule has 1 aromatic rings. The molecule has 2 unspecified atom stereocenters. The predicted molar refractivity (Wildman–Crippen MR) is 83.2 cm³/mol. The van der Waals surface area contributed by atoms with Crippen LogP contribution >= 0.6 is 15.9 Å². The third-order valence-corrected chi connectivity index (χ3v) is 4.71. The third kappa shape index (κ3) is 3.59. The largest absolute Gasteiger partial charge is 0.373 e. The maximum absolute atomic E-state index is 6.07. The van der Waals surface area contributed by atoms with Crippen LogP contribution in [-0.4, -0.2) is 18.7 Å². The zero-order valence-electron chi connectivity index (χ0n) is 12.1. The van der Waals surface area contributed by atoms with E-state index in [1.807, 2.05) is 0 Å². The highest BCUT2D eigenvalue weighted by molar-refractivity contribution is 9.10. The van der Waals surface area contributed by atoms with Crippen molar-refractivity contribution < 1.29 is 4.74 Å². The number of benzene rings is 1. The Morgan fingerprint density at radius 1 is 1.32 bits per heavy atom. The third-order valence-electron chi connectivity index (χ3n) is 4.18. The van der Waals surface area contributed by atoms with Gasteiger partial charge in [0.05, 0.1) is 12.7 Å². The van der Waals surface area contributed by atoms with Gasteiger partial charge in [0.25, 0.3) is 0 Å². The van der Waals surface area contributed by atoms with Gasteiger partial charge in [0, 0.05) is 15.9 Å². The second-order valence-electron chi connectivity index (χ2n) is 5.99. The molecule has 106 valence electrons. The van der Waals surface area contributed by atoms with Gasteiger partial charge in [0.2, 0.25) is 0 Å². The standard InChI is InChI=1S/C16H24BrNO/c1-4-9-18-14-10-15(16(14,2)3)19-11-12-5-7-13(17)8-6-12/h5-8,14-15,18H,4,9-11H2,1-3H3. The van der Waals surface area contributed by atoms with Gasteiger partial charge in [-0.05, 0) is 37.1 Å². The molecular weight excluding hydrogens is 302 g/mol. The summed E-state index contributed by atoms with van der Waals surface area (Å²) in [5.74, 6) is 0. The number of hydrogen-bond acceptors (Lipinski definition) is 2. The fraction of sp³-hybridized carbons (Fsp3) is 0.625. The maximum Gasteiger partial charge on any atom is 0.0720 e. The molecule has 0 aromatic heterocycles. The molecule has 0 aliphatic heterocycles. The van der Waals surface area contributed by atoms with E-state index in [2.05, 4.69) is 66.3 Å². The van der Waals surface area contributed by atoms with Gasteiger partial charge in [0.15, 0.2) is 0 Å². The van der Waals surface area contributed by atoms with Gasteiger partial charge in [-0.2, -0.15) is 0 Å². The van der Waals surface area contributed by atoms with Crippen molar-refractivity contribution in [3.05, 3.63) is 34.3 Å². The highest BCUT2D eigenvalue weighted by Gasteiger charge is 2.48. The summed E-state index contributed by atoms with van der Waals surface area (Å²) in [4.78, 5) is 0. The van der Waals surface area contributed by atoms with Crippen molar-refractivity contribution in [2.75, 3.05) is 6.54 Å². The first-order valence-corrected chi connectivity index (χ1v) is 7.92. The van der Waals surface area contributed by atoms with E-state index in [0.29, 0.717) is 18.8 Å². The molecule has 0 heterocycles. The van der Waals surface area contributed by atoms with Gasteiger partial charge in [-0.25, -0.2) is 0 Å². The number of halogens is 1. The molecule has 2 nitrogen and oxygen atoms in total. The Morgan fingerprint density at radius 2 is 2.00 bits per heavy atom. The Kier molecular flexibility index (Phi) is 5.04. The van der Waals surface area contributed by atoms with E-state index in [1.165, 1.54) is 12.0 Å². The molecule has 1 aromatic carbocycles. The summed E-state index contributed by atoms with van der Waals surface area (Å²) in [7, 11) is 0. The summed E-state index contributed by atoms with van der Waals surface area (Å²) < 4.78 is 7.19. The highest BCUT2D eigenvalue weighted by atomic mass is 79.9. The molecule has 1 aliphatic carbocycles. The average Bonchev–Trinajstić information content (AvgIpc) is 2.39. The average molecular weight is 326 g/mol. The van der Waals surface area contributed by atoms with Gasteiger partial charge in [0.1, 0.15) is 0 Å². The van der Waals surface area contributed by atoms with E-state index in [4.69, 9.17) is 4.74 Å². The molecule has 0 spiro atoms. The summed E-state index contributed by atoms with van der Waals surface area (Å²) in [6, 6.07) is 8.96. The van der Waals surface area contributed by atoms with Crippen molar-refractivity contribution in [2.45, 2.75) is 52.4 Å². The smallest absolute Gasteiger partial charge is 0.0720 e. The first kappa shape index (κ1) is 15.0. The number of nitrogens with one attached hydrogen (secondary N) is 1. The molecule has 0 bridgehead atoms. The molecule has 0 amide bonds. The lowest BCUT2D eigenvalue weighted by Gasteiger charge is -2.52. The summed E-state index contributed by atoms with van der Waals surface area (Å²) >= 11 is 3.45. The van der Waals surface area contributed by atoms with Crippen LogP contribution in [0, 0.1) is 5.41 Å². The van der Waals surface area contributed by atoms with E-state index in [9.17, 15) is 0 Å². The minimum absolute atomic E-state index is 0.241. The van der Waals surface area contributed by atoms with E-state index < -0.39 is 0 Å². The Hall–Kier alpha value is -0.380. The minimum Gasteiger partial charge on any atom is -0.373 e. The number of rotatable bonds is 6. The van der Waals surface area contributed by atoms with Gasteiger partial charge >= 0.3 is 0 Å². The van der Waals surface area contributed by atoms with Gasteiger partial charge in [-0.15, -0.1) is 0 Å². The van der Waals surface area contributed by atoms with E-state index in [1.54, 1.807) is 0 Å². The second kappa shape index (κ2) is 6.38. The Balaban J connectivity index is 1.80. The SMILES string of the molecule is CCCNC1CC(OCc2ccc(Br)cc2)C1(C)C. The monoisotopic (exact) mass is 325 g/mol. The van der Waals surface area contributed by atoms with Crippen LogP contribution in [0.5, 0.6) is 0 Å². The van der Waals surface area contributed by atoms with Crippen LogP contribution in [-0.2, 0) is 11.3 Å². The minimum atomic E-state index is 0.241. The highest BCUT2D eigenvalue weighted by Crippen LogP contribution is 2.43. The van der Waals surface area contributed by atoms with Crippen molar-refractivity contribution in [1.82, 2.24) is 5.32 Å². The lowest BCUT2D eigenvalue weighted by Crippen LogP contribution is -2.60. The quantitative estimate of drug-likeness (QED) is 0.849. The van der Waals surface area contributed by atoms with Crippen LogP contribution in [0.1, 0.15) is 39.2 Å². The van der Waals surface area contributed by atoms with Crippen molar-refractivity contribution in [3.63, 3.8) is 0 Å². The molecule has 1 fully saturated rings. The Morgan fingerprint density at radius 3 is 2.58 bits per heavy atom. The van der Waals surface area contributed by atoms with Crippen LogP contribution in [0.25, 0.3) is 0 Å². The molecule has 1 saturated carbocycles. The van der Waals surface area contributed by atoms with Crippen molar-refractivity contribution in [1.29, 1.82) is 0 Å². The molecule has 19 heavy (non-hydrogen) atoms. The van der Waals surface area contributed by atoms with Crippen LogP contribution in [0.4, 0.5) is 0 Å². The summed E-state index contributed by atoms with van der Waals surface area (Å²) in [5, 5.41) is 3.61. The molecule has 2 rings (SSSR count). The number of hydrogen-bond donors (Lipinski definition) is 1. The molecule has 0 radical (unpaired) electrons. The fourth-order valence-corrected chi connectivity index (χ4v) is 2.88.